The summed E-state index contributed by atoms with van der Waals surface area (Å²) < 4.78 is 4.65. The van der Waals surface area contributed by atoms with Crippen LogP contribution in [0.1, 0.15) is 22.3 Å². The molecule has 9 rings (SSSR count). The van der Waals surface area contributed by atoms with E-state index in [1.165, 1.54) is 22.3 Å². The van der Waals surface area contributed by atoms with Crippen molar-refractivity contribution in [3.8, 4) is 34.6 Å². The van der Waals surface area contributed by atoms with E-state index in [-0.39, 0.29) is 0 Å². The zero-order chi connectivity index (χ0) is 30.1. The molecule has 0 spiro atoms. The summed E-state index contributed by atoms with van der Waals surface area (Å²) in [6.45, 7) is 0. The molecule has 4 nitrogen and oxygen atoms in total. The van der Waals surface area contributed by atoms with Crippen LogP contribution >= 0.6 is 11.8 Å². The number of fused-ring (bicyclic) bond motifs is 9. The Balaban J connectivity index is 1.23. The van der Waals surface area contributed by atoms with Crippen LogP contribution in [0.15, 0.2) is 121 Å². The van der Waals surface area contributed by atoms with Crippen molar-refractivity contribution in [1.82, 2.24) is 9.13 Å². The number of nitrogens with zero attached hydrogens (tertiary/aromatic N) is 4. The molecule has 45 heavy (non-hydrogen) atoms. The predicted octanol–water partition coefficient (Wildman–Crippen LogP) is 10.0. The van der Waals surface area contributed by atoms with E-state index in [2.05, 4.69) is 118 Å². The van der Waals surface area contributed by atoms with Crippen molar-refractivity contribution in [2.45, 2.75) is 11.5 Å². The molecule has 3 heterocycles. The van der Waals surface area contributed by atoms with Crippen LogP contribution in [0.3, 0.4) is 0 Å². The third-order valence-corrected chi connectivity index (χ3v) is 10.1. The molecule has 0 fully saturated rings. The van der Waals surface area contributed by atoms with Crippen molar-refractivity contribution in [3.63, 3.8) is 0 Å². The number of para-hydroxylation sites is 2. The maximum Gasteiger partial charge on any atom is 0.0991 e. The fraction of sp³-hybridized carbons (Fsp3) is 0.0500. The fourth-order valence-corrected chi connectivity index (χ4v) is 8.13. The van der Waals surface area contributed by atoms with Crippen LogP contribution < -0.4 is 0 Å². The van der Waals surface area contributed by atoms with Gasteiger partial charge < -0.3 is 9.13 Å². The normalized spacial score (nSPS) is 12.6. The lowest BCUT2D eigenvalue weighted by atomic mass is 9.95. The molecule has 1 aliphatic rings. The summed E-state index contributed by atoms with van der Waals surface area (Å²) >= 11 is 1.95. The molecule has 6 aromatic carbocycles. The van der Waals surface area contributed by atoms with Crippen LogP contribution in [0.4, 0.5) is 0 Å². The van der Waals surface area contributed by atoms with Crippen LogP contribution in [-0.2, 0) is 11.5 Å². The van der Waals surface area contributed by atoms with Crippen LogP contribution in [0.25, 0.3) is 66.1 Å². The van der Waals surface area contributed by atoms with Gasteiger partial charge in [-0.25, -0.2) is 0 Å². The van der Waals surface area contributed by atoms with Crippen molar-refractivity contribution in [3.05, 3.63) is 144 Å². The van der Waals surface area contributed by atoms with E-state index in [0.29, 0.717) is 11.1 Å². The van der Waals surface area contributed by atoms with Gasteiger partial charge in [0.2, 0.25) is 0 Å². The Labute approximate surface area is 264 Å². The largest absolute Gasteiger partial charge is 0.309 e. The topological polar surface area (TPSA) is 57.4 Å². The number of hydrogen-bond acceptors (Lipinski definition) is 3. The lowest BCUT2D eigenvalue weighted by molar-refractivity contribution is 1.16. The first-order valence-electron chi connectivity index (χ1n) is 14.9. The second-order valence-electron chi connectivity index (χ2n) is 11.6. The highest BCUT2D eigenvalue weighted by Crippen LogP contribution is 2.41. The quantitative estimate of drug-likeness (QED) is 0.201. The molecule has 1 aliphatic heterocycles. The monoisotopic (exact) mass is 592 g/mol. The van der Waals surface area contributed by atoms with E-state index in [0.717, 1.165) is 66.5 Å². The molecule has 0 N–H and O–H groups in total. The Bertz CT molecular complexity index is 2610. The smallest absolute Gasteiger partial charge is 0.0991 e. The summed E-state index contributed by atoms with van der Waals surface area (Å²) in [5.74, 6) is 1.87. The number of nitriles is 2. The van der Waals surface area contributed by atoms with Gasteiger partial charge in [0.1, 0.15) is 0 Å². The lowest BCUT2D eigenvalue weighted by Crippen LogP contribution is -1.98. The Hall–Kier alpha value is -5.75. The van der Waals surface area contributed by atoms with Crippen molar-refractivity contribution in [2.75, 3.05) is 0 Å². The molecule has 0 aliphatic carbocycles. The van der Waals surface area contributed by atoms with E-state index < -0.39 is 0 Å². The first-order chi connectivity index (χ1) is 22.2. The first-order valence-corrected chi connectivity index (χ1v) is 16.1. The summed E-state index contributed by atoms with van der Waals surface area (Å²) in [7, 11) is 0. The molecule has 0 saturated carbocycles. The first kappa shape index (κ1) is 25.7. The van der Waals surface area contributed by atoms with Crippen LogP contribution in [-0.4, -0.2) is 9.13 Å². The summed E-state index contributed by atoms with van der Waals surface area (Å²) in [6.07, 6.45) is 0. The van der Waals surface area contributed by atoms with Gasteiger partial charge in [-0.1, -0.05) is 48.5 Å². The number of aromatic nitrogens is 2. The fourth-order valence-electron chi connectivity index (χ4n) is 7.09. The van der Waals surface area contributed by atoms with E-state index >= 15 is 0 Å². The average molecular weight is 593 g/mol. The highest BCUT2D eigenvalue weighted by molar-refractivity contribution is 7.97. The number of rotatable bonds is 2. The molecule has 0 atom stereocenters. The van der Waals surface area contributed by atoms with Gasteiger partial charge in [-0.3, -0.25) is 0 Å². The molecule has 210 valence electrons. The lowest BCUT2D eigenvalue weighted by Gasteiger charge is -2.16. The zero-order valence-corrected chi connectivity index (χ0v) is 25.0. The van der Waals surface area contributed by atoms with Gasteiger partial charge in [-0.05, 0) is 95.1 Å². The van der Waals surface area contributed by atoms with Gasteiger partial charge in [0.15, 0.2) is 0 Å². The third-order valence-electron chi connectivity index (χ3n) is 9.11. The van der Waals surface area contributed by atoms with Gasteiger partial charge >= 0.3 is 0 Å². The van der Waals surface area contributed by atoms with Gasteiger partial charge in [0.25, 0.3) is 0 Å². The van der Waals surface area contributed by atoms with E-state index in [9.17, 15) is 10.5 Å². The van der Waals surface area contributed by atoms with Gasteiger partial charge in [-0.15, -0.1) is 0 Å². The van der Waals surface area contributed by atoms with Crippen molar-refractivity contribution in [1.29, 1.82) is 10.5 Å². The highest BCUT2D eigenvalue weighted by Gasteiger charge is 2.20. The van der Waals surface area contributed by atoms with Gasteiger partial charge in [0.05, 0.1) is 45.3 Å². The second-order valence-corrected chi connectivity index (χ2v) is 12.6. The van der Waals surface area contributed by atoms with E-state index in [1.54, 1.807) is 0 Å². The molecule has 8 aromatic rings. The predicted molar refractivity (Wildman–Crippen MR) is 185 cm³/mol. The van der Waals surface area contributed by atoms with Gasteiger partial charge in [0, 0.05) is 44.4 Å². The third kappa shape index (κ3) is 3.85. The summed E-state index contributed by atoms with van der Waals surface area (Å²) in [6, 6.07) is 47.2. The second kappa shape index (κ2) is 9.89. The molecule has 0 unspecified atom stereocenters. The zero-order valence-electron chi connectivity index (χ0n) is 24.2. The average Bonchev–Trinajstić information content (AvgIpc) is 3.53. The van der Waals surface area contributed by atoms with Crippen molar-refractivity contribution >= 4 is 55.4 Å². The summed E-state index contributed by atoms with van der Waals surface area (Å²) in [4.78, 5) is 0. The van der Waals surface area contributed by atoms with Crippen molar-refractivity contribution in [2.24, 2.45) is 0 Å². The SMILES string of the molecule is N#Cc1ccc2c(c1)c1ccccc1n2-c1ccc2c(c1)CSCc1ccc(-n3c4ccccc4c4cc(C#N)ccc43)cc1-2. The number of hydrogen-bond donors (Lipinski definition) is 0. The van der Waals surface area contributed by atoms with Crippen LogP contribution in [0.2, 0.25) is 0 Å². The van der Waals surface area contributed by atoms with Crippen LogP contribution in [0, 0.1) is 22.7 Å². The highest BCUT2D eigenvalue weighted by atomic mass is 32.2. The Kier molecular flexibility index (Phi) is 5.65. The molecular formula is C40H24N4S. The molecule has 0 amide bonds. The minimum absolute atomic E-state index is 0.669. The summed E-state index contributed by atoms with van der Waals surface area (Å²) in [5, 5.41) is 23.6. The van der Waals surface area contributed by atoms with Crippen LogP contribution in [0.5, 0.6) is 0 Å². The molecule has 0 saturated heterocycles. The Morgan fingerprint density at radius 3 is 1.62 bits per heavy atom. The number of thioether (sulfide) groups is 1. The maximum atomic E-state index is 9.58. The minimum Gasteiger partial charge on any atom is -0.309 e. The standard InChI is InChI=1S/C40H24N4S/c41-21-25-9-15-39-35(17-25)32-5-1-3-7-37(32)43(39)29-13-14-31-28(19-29)24-45-23-27-11-12-30(20-34(27)31)44-38-8-4-2-6-33(38)36-18-26(22-42)10-16-40(36)44/h1-20H,23-24H2. The maximum absolute atomic E-state index is 9.58. The molecule has 5 heteroatoms. The minimum atomic E-state index is 0.669. The van der Waals surface area contributed by atoms with Crippen molar-refractivity contribution < 1.29 is 0 Å². The number of benzene rings is 6. The van der Waals surface area contributed by atoms with E-state index in [1.807, 2.05) is 36.0 Å². The molecular weight excluding hydrogens is 569 g/mol. The molecule has 2 aromatic heterocycles. The Morgan fingerprint density at radius 2 is 1.00 bits per heavy atom. The van der Waals surface area contributed by atoms with Gasteiger partial charge in [-0.2, -0.15) is 22.3 Å². The molecule has 0 bridgehead atoms. The summed E-state index contributed by atoms with van der Waals surface area (Å²) in [5.41, 5.74) is 13.2. The Morgan fingerprint density at radius 1 is 0.467 bits per heavy atom. The molecule has 0 radical (unpaired) electrons. The van der Waals surface area contributed by atoms with E-state index in [4.69, 9.17) is 0 Å².